The van der Waals surface area contributed by atoms with Gasteiger partial charge < -0.3 is 9.64 Å². The Morgan fingerprint density at radius 1 is 1.23 bits per heavy atom. The van der Waals surface area contributed by atoms with E-state index in [1.54, 1.807) is 12.1 Å². The minimum absolute atomic E-state index is 0.218. The van der Waals surface area contributed by atoms with E-state index in [2.05, 4.69) is 9.64 Å². The van der Waals surface area contributed by atoms with Gasteiger partial charge >= 0.3 is 12.1 Å². The van der Waals surface area contributed by atoms with Crippen LogP contribution in [0.3, 0.4) is 0 Å². The summed E-state index contributed by atoms with van der Waals surface area (Å²) in [6.07, 6.45) is -2.11. The van der Waals surface area contributed by atoms with Gasteiger partial charge in [0.1, 0.15) is 0 Å². The number of hydrogen-bond donors (Lipinski definition) is 0. The summed E-state index contributed by atoms with van der Waals surface area (Å²) in [4.78, 5) is 13.3. The van der Waals surface area contributed by atoms with Crippen LogP contribution in [0.1, 0.15) is 36.3 Å². The molecule has 122 valence electrons. The molecule has 1 aliphatic heterocycles. The molecule has 1 fully saturated rings. The second-order valence-electron chi connectivity index (χ2n) is 5.56. The molecule has 0 spiro atoms. The van der Waals surface area contributed by atoms with Crippen LogP contribution in [0, 0.1) is 0 Å². The first-order valence-corrected chi connectivity index (χ1v) is 7.36. The predicted octanol–water partition coefficient (Wildman–Crippen LogP) is 3.45. The molecule has 6 heteroatoms. The van der Waals surface area contributed by atoms with Crippen LogP contribution in [-0.4, -0.2) is 37.6 Å². The molecule has 0 N–H and O–H groups in total. The fraction of sp³-hybridized carbons (Fsp3) is 0.562. The summed E-state index contributed by atoms with van der Waals surface area (Å²) in [5.74, 6) is 0.0709. The molecule has 1 aliphatic rings. The molecule has 0 saturated carbocycles. The highest BCUT2D eigenvalue weighted by molar-refractivity contribution is 5.69. The van der Waals surface area contributed by atoms with Crippen LogP contribution in [0.5, 0.6) is 0 Å². The number of nitrogens with zero attached hydrogens (tertiary/aromatic N) is 1. The summed E-state index contributed by atoms with van der Waals surface area (Å²) in [5, 5.41) is 0. The molecule has 1 saturated heterocycles. The molecule has 1 heterocycles. The van der Waals surface area contributed by atoms with Crippen LogP contribution in [-0.2, 0) is 15.7 Å². The molecule has 1 aromatic carbocycles. The molecule has 3 nitrogen and oxygen atoms in total. The van der Waals surface area contributed by atoms with Gasteiger partial charge in [0.25, 0.3) is 0 Å². The summed E-state index contributed by atoms with van der Waals surface area (Å²) < 4.78 is 42.3. The zero-order valence-corrected chi connectivity index (χ0v) is 12.5. The maximum atomic E-state index is 12.5. The van der Waals surface area contributed by atoms with Gasteiger partial charge in [-0.2, -0.15) is 13.2 Å². The Hall–Kier alpha value is -1.56. The van der Waals surface area contributed by atoms with Crippen molar-refractivity contribution in [3.8, 4) is 0 Å². The van der Waals surface area contributed by atoms with Crippen molar-refractivity contribution >= 4 is 5.97 Å². The molecule has 0 aromatic heterocycles. The van der Waals surface area contributed by atoms with Gasteiger partial charge in [-0.05, 0) is 49.5 Å². The second kappa shape index (κ2) is 7.13. The van der Waals surface area contributed by atoms with Crippen molar-refractivity contribution in [2.75, 3.05) is 26.7 Å². The monoisotopic (exact) mass is 315 g/mol. The van der Waals surface area contributed by atoms with Crippen molar-refractivity contribution < 1.29 is 22.7 Å². The largest absolute Gasteiger partial charge is 0.469 e. The number of alkyl halides is 3. The van der Waals surface area contributed by atoms with Gasteiger partial charge in [-0.3, -0.25) is 4.79 Å². The third-order valence-corrected chi connectivity index (χ3v) is 4.16. The van der Waals surface area contributed by atoms with E-state index in [-0.39, 0.29) is 11.9 Å². The van der Waals surface area contributed by atoms with Crippen molar-refractivity contribution in [2.24, 2.45) is 0 Å². The lowest BCUT2D eigenvalue weighted by Gasteiger charge is -2.32. The van der Waals surface area contributed by atoms with E-state index in [9.17, 15) is 18.0 Å². The number of likely N-dealkylation sites (tertiary alicyclic amines) is 1. The Kier molecular flexibility index (Phi) is 5.45. The smallest absolute Gasteiger partial charge is 0.416 e. The third-order valence-electron chi connectivity index (χ3n) is 4.16. The lowest BCUT2D eigenvalue weighted by Crippen LogP contribution is -2.34. The van der Waals surface area contributed by atoms with E-state index in [1.807, 2.05) is 0 Å². The summed E-state index contributed by atoms with van der Waals surface area (Å²) in [6, 6.07) is 5.47. The summed E-state index contributed by atoms with van der Waals surface area (Å²) in [7, 11) is 1.37. The number of rotatable bonds is 4. The van der Waals surface area contributed by atoms with Crippen molar-refractivity contribution in [1.82, 2.24) is 4.90 Å². The third kappa shape index (κ3) is 4.47. The highest BCUT2D eigenvalue weighted by Crippen LogP contribution is 2.32. The molecule has 0 bridgehead atoms. The Balaban J connectivity index is 1.85. The van der Waals surface area contributed by atoms with Gasteiger partial charge in [0, 0.05) is 6.54 Å². The van der Waals surface area contributed by atoms with Crippen molar-refractivity contribution in [1.29, 1.82) is 0 Å². The van der Waals surface area contributed by atoms with Crippen LogP contribution in [0.4, 0.5) is 13.2 Å². The maximum Gasteiger partial charge on any atom is 0.416 e. The number of carbonyl (C=O) groups excluding carboxylic acids is 1. The molecular weight excluding hydrogens is 295 g/mol. The molecule has 0 aliphatic carbocycles. The lowest BCUT2D eigenvalue weighted by atomic mass is 9.89. The first-order valence-electron chi connectivity index (χ1n) is 7.36. The van der Waals surface area contributed by atoms with Gasteiger partial charge in [0.05, 0.1) is 19.1 Å². The number of halogens is 3. The Morgan fingerprint density at radius 2 is 1.82 bits per heavy atom. The van der Waals surface area contributed by atoms with Crippen molar-refractivity contribution in [3.63, 3.8) is 0 Å². The lowest BCUT2D eigenvalue weighted by molar-refractivity contribution is -0.141. The van der Waals surface area contributed by atoms with Gasteiger partial charge in [-0.25, -0.2) is 0 Å². The van der Waals surface area contributed by atoms with Gasteiger partial charge in [-0.15, -0.1) is 0 Å². The van der Waals surface area contributed by atoms with Gasteiger partial charge in [0.2, 0.25) is 0 Å². The average molecular weight is 315 g/mol. The fourth-order valence-corrected chi connectivity index (χ4v) is 2.79. The number of piperidine rings is 1. The Labute approximate surface area is 128 Å². The molecule has 1 aromatic rings. The predicted molar refractivity (Wildman–Crippen MR) is 76.5 cm³/mol. The van der Waals surface area contributed by atoms with E-state index in [0.29, 0.717) is 13.0 Å². The second-order valence-corrected chi connectivity index (χ2v) is 5.56. The molecular formula is C16H20F3NO2. The standard InChI is InChI=1S/C16H20F3NO2/c1-22-15(21)8-11-20-9-6-13(7-10-20)12-2-4-14(5-3-12)16(17,18)19/h2-5,13H,6-11H2,1H3. The highest BCUT2D eigenvalue weighted by atomic mass is 19.4. The molecule has 0 radical (unpaired) electrons. The summed E-state index contributed by atoms with van der Waals surface area (Å²) in [6.45, 7) is 2.37. The van der Waals surface area contributed by atoms with Crippen LogP contribution in [0.15, 0.2) is 24.3 Å². The zero-order valence-electron chi connectivity index (χ0n) is 12.5. The molecule has 22 heavy (non-hydrogen) atoms. The Morgan fingerprint density at radius 3 is 2.32 bits per heavy atom. The van der Waals surface area contributed by atoms with Crippen LogP contribution < -0.4 is 0 Å². The van der Waals surface area contributed by atoms with Crippen molar-refractivity contribution in [2.45, 2.75) is 31.4 Å². The van der Waals surface area contributed by atoms with E-state index in [0.717, 1.165) is 43.6 Å². The van der Waals surface area contributed by atoms with Gasteiger partial charge in [-0.1, -0.05) is 12.1 Å². The van der Waals surface area contributed by atoms with E-state index >= 15 is 0 Å². The van der Waals surface area contributed by atoms with E-state index < -0.39 is 11.7 Å². The number of hydrogen-bond acceptors (Lipinski definition) is 3. The normalized spacial score (nSPS) is 17.5. The fourth-order valence-electron chi connectivity index (χ4n) is 2.79. The number of methoxy groups -OCH3 is 1. The number of ether oxygens (including phenoxy) is 1. The quantitative estimate of drug-likeness (QED) is 0.797. The van der Waals surface area contributed by atoms with Gasteiger partial charge in [0.15, 0.2) is 0 Å². The Bertz CT molecular complexity index is 491. The summed E-state index contributed by atoms with van der Waals surface area (Å²) in [5.41, 5.74) is 0.354. The van der Waals surface area contributed by atoms with Crippen LogP contribution >= 0.6 is 0 Å². The zero-order chi connectivity index (χ0) is 16.2. The maximum absolute atomic E-state index is 12.5. The minimum Gasteiger partial charge on any atom is -0.469 e. The average Bonchev–Trinajstić information content (AvgIpc) is 2.52. The van der Waals surface area contributed by atoms with Crippen molar-refractivity contribution in [3.05, 3.63) is 35.4 Å². The highest BCUT2D eigenvalue weighted by Gasteiger charge is 2.30. The number of esters is 1. The molecule has 0 atom stereocenters. The van der Waals surface area contributed by atoms with Crippen LogP contribution in [0.2, 0.25) is 0 Å². The number of carbonyl (C=O) groups is 1. The minimum atomic E-state index is -4.28. The SMILES string of the molecule is COC(=O)CCN1CCC(c2ccc(C(F)(F)F)cc2)CC1. The molecule has 0 unspecified atom stereocenters. The number of benzene rings is 1. The first kappa shape index (κ1) is 16.8. The topological polar surface area (TPSA) is 29.5 Å². The first-order chi connectivity index (χ1) is 10.4. The van der Waals surface area contributed by atoms with Crippen LogP contribution in [0.25, 0.3) is 0 Å². The molecule has 2 rings (SSSR count). The van der Waals surface area contributed by atoms with E-state index in [4.69, 9.17) is 0 Å². The summed E-state index contributed by atoms with van der Waals surface area (Å²) >= 11 is 0. The van der Waals surface area contributed by atoms with E-state index in [1.165, 1.54) is 7.11 Å². The molecule has 0 amide bonds.